The second-order valence-electron chi connectivity index (χ2n) is 5.60. The smallest absolute Gasteiger partial charge is 0.315 e. The molecule has 0 spiro atoms. The predicted octanol–water partition coefficient (Wildman–Crippen LogP) is 3.16. The van der Waals surface area contributed by atoms with Crippen LogP contribution in [0.15, 0.2) is 42.5 Å². The number of rotatable bonds is 8. The lowest BCUT2D eigenvalue weighted by Gasteiger charge is -2.09. The summed E-state index contributed by atoms with van der Waals surface area (Å²) in [6.07, 6.45) is 0. The van der Waals surface area contributed by atoms with Crippen molar-refractivity contribution in [1.82, 2.24) is 10.6 Å². The van der Waals surface area contributed by atoms with Crippen LogP contribution in [-0.4, -0.2) is 26.4 Å². The standard InChI is InChI=1S/C19H23FN2O3/c1-14-3-4-16(11-18(14)20)13-22-19(23)21-12-15-5-7-17(8-6-15)25-10-9-24-2/h3-8,11H,9-10,12-13H2,1-2H3,(H2,21,22,23). The first kappa shape index (κ1) is 18.7. The van der Waals surface area contributed by atoms with E-state index in [1.807, 2.05) is 24.3 Å². The van der Waals surface area contributed by atoms with E-state index in [0.29, 0.717) is 25.3 Å². The van der Waals surface area contributed by atoms with Gasteiger partial charge < -0.3 is 20.1 Å². The number of urea groups is 1. The van der Waals surface area contributed by atoms with E-state index in [2.05, 4.69) is 10.6 Å². The number of carbonyl (C=O) groups excluding carboxylic acids is 1. The molecule has 0 aliphatic rings. The average Bonchev–Trinajstić information content (AvgIpc) is 2.62. The van der Waals surface area contributed by atoms with Gasteiger partial charge in [0.1, 0.15) is 18.2 Å². The first-order valence-corrected chi connectivity index (χ1v) is 8.06. The zero-order valence-corrected chi connectivity index (χ0v) is 14.5. The number of halogens is 1. The zero-order chi connectivity index (χ0) is 18.1. The van der Waals surface area contributed by atoms with Gasteiger partial charge in [0.2, 0.25) is 0 Å². The van der Waals surface area contributed by atoms with Crippen LogP contribution in [0.5, 0.6) is 5.75 Å². The first-order chi connectivity index (χ1) is 12.1. The van der Waals surface area contributed by atoms with Gasteiger partial charge in [0.25, 0.3) is 0 Å². The third-order valence-electron chi connectivity index (χ3n) is 3.62. The predicted molar refractivity (Wildman–Crippen MR) is 94.0 cm³/mol. The fourth-order valence-corrected chi connectivity index (χ4v) is 2.12. The molecular weight excluding hydrogens is 323 g/mol. The van der Waals surface area contributed by atoms with Gasteiger partial charge in [-0.05, 0) is 41.8 Å². The van der Waals surface area contributed by atoms with Gasteiger partial charge in [0.05, 0.1) is 6.61 Å². The lowest BCUT2D eigenvalue weighted by molar-refractivity contribution is 0.146. The Bertz CT molecular complexity index is 690. The number of benzene rings is 2. The fraction of sp³-hybridized carbons (Fsp3) is 0.316. The van der Waals surface area contributed by atoms with Crippen LogP contribution in [0.3, 0.4) is 0 Å². The van der Waals surface area contributed by atoms with Crippen LogP contribution in [0.4, 0.5) is 9.18 Å². The number of ether oxygens (including phenoxy) is 2. The van der Waals surface area contributed by atoms with E-state index in [9.17, 15) is 9.18 Å². The largest absolute Gasteiger partial charge is 0.491 e. The lowest BCUT2D eigenvalue weighted by Crippen LogP contribution is -2.34. The molecule has 2 aromatic rings. The maximum absolute atomic E-state index is 13.5. The monoisotopic (exact) mass is 346 g/mol. The summed E-state index contributed by atoms with van der Waals surface area (Å²) in [6.45, 7) is 3.40. The number of hydrogen-bond acceptors (Lipinski definition) is 3. The van der Waals surface area contributed by atoms with Crippen molar-refractivity contribution in [3.05, 3.63) is 65.0 Å². The summed E-state index contributed by atoms with van der Waals surface area (Å²) < 4.78 is 23.9. The van der Waals surface area contributed by atoms with Gasteiger partial charge in [0.15, 0.2) is 0 Å². The molecule has 0 heterocycles. The number of carbonyl (C=O) groups is 1. The molecule has 2 N–H and O–H groups in total. The minimum atomic E-state index is -0.304. The van der Waals surface area contributed by atoms with Crippen LogP contribution in [0.25, 0.3) is 0 Å². The van der Waals surface area contributed by atoms with E-state index in [0.717, 1.165) is 16.9 Å². The zero-order valence-electron chi connectivity index (χ0n) is 14.5. The van der Waals surface area contributed by atoms with Gasteiger partial charge in [-0.2, -0.15) is 0 Å². The van der Waals surface area contributed by atoms with Crippen LogP contribution < -0.4 is 15.4 Å². The van der Waals surface area contributed by atoms with Gasteiger partial charge in [-0.3, -0.25) is 0 Å². The van der Waals surface area contributed by atoms with Gasteiger partial charge in [-0.25, -0.2) is 9.18 Å². The van der Waals surface area contributed by atoms with E-state index in [1.54, 1.807) is 26.2 Å². The number of amides is 2. The van der Waals surface area contributed by atoms with Crippen LogP contribution in [0.2, 0.25) is 0 Å². The van der Waals surface area contributed by atoms with Crippen molar-refractivity contribution >= 4 is 6.03 Å². The lowest BCUT2D eigenvalue weighted by atomic mass is 10.1. The quantitative estimate of drug-likeness (QED) is 0.722. The normalized spacial score (nSPS) is 10.4. The molecule has 0 aromatic heterocycles. The molecule has 134 valence electrons. The van der Waals surface area contributed by atoms with E-state index in [-0.39, 0.29) is 18.4 Å². The maximum Gasteiger partial charge on any atom is 0.315 e. The highest BCUT2D eigenvalue weighted by molar-refractivity contribution is 5.73. The van der Waals surface area contributed by atoms with Crippen LogP contribution >= 0.6 is 0 Å². The molecule has 0 aliphatic carbocycles. The average molecular weight is 346 g/mol. The molecule has 0 bridgehead atoms. The van der Waals surface area contributed by atoms with Gasteiger partial charge >= 0.3 is 6.03 Å². The molecule has 5 nitrogen and oxygen atoms in total. The summed E-state index contributed by atoms with van der Waals surface area (Å²) >= 11 is 0. The van der Waals surface area contributed by atoms with Crippen molar-refractivity contribution in [3.63, 3.8) is 0 Å². The summed E-state index contributed by atoms with van der Waals surface area (Å²) in [5, 5.41) is 5.47. The minimum absolute atomic E-state index is 0.271. The number of hydrogen-bond donors (Lipinski definition) is 2. The van der Waals surface area contributed by atoms with Crippen LogP contribution in [0.1, 0.15) is 16.7 Å². The highest BCUT2D eigenvalue weighted by Crippen LogP contribution is 2.12. The number of methoxy groups -OCH3 is 1. The van der Waals surface area contributed by atoms with Gasteiger partial charge in [-0.1, -0.05) is 24.3 Å². The molecule has 0 fully saturated rings. The second-order valence-corrected chi connectivity index (χ2v) is 5.60. The highest BCUT2D eigenvalue weighted by atomic mass is 19.1. The summed E-state index contributed by atoms with van der Waals surface area (Å²) in [5.74, 6) is 0.485. The molecule has 0 atom stereocenters. The molecular formula is C19H23FN2O3. The van der Waals surface area contributed by atoms with Crippen molar-refractivity contribution in [2.24, 2.45) is 0 Å². The van der Waals surface area contributed by atoms with Gasteiger partial charge in [0, 0.05) is 20.2 Å². The summed E-state index contributed by atoms with van der Waals surface area (Å²) in [7, 11) is 1.62. The minimum Gasteiger partial charge on any atom is -0.491 e. The Balaban J connectivity index is 1.73. The third-order valence-corrected chi connectivity index (χ3v) is 3.62. The second kappa shape index (κ2) is 9.64. The Morgan fingerprint density at radius 2 is 1.64 bits per heavy atom. The maximum atomic E-state index is 13.5. The van der Waals surface area contributed by atoms with Crippen LogP contribution in [0, 0.1) is 12.7 Å². The van der Waals surface area contributed by atoms with Crippen LogP contribution in [-0.2, 0) is 17.8 Å². The van der Waals surface area contributed by atoms with Crippen molar-refractivity contribution in [2.45, 2.75) is 20.0 Å². The van der Waals surface area contributed by atoms with E-state index >= 15 is 0 Å². The Labute approximate surface area is 147 Å². The van der Waals surface area contributed by atoms with Crippen molar-refractivity contribution in [1.29, 1.82) is 0 Å². The Hall–Kier alpha value is -2.60. The molecule has 0 unspecified atom stereocenters. The number of nitrogens with one attached hydrogen (secondary N) is 2. The SMILES string of the molecule is COCCOc1ccc(CNC(=O)NCc2ccc(C)c(F)c2)cc1. The summed E-state index contributed by atoms with van der Waals surface area (Å²) in [4.78, 5) is 11.8. The van der Waals surface area contributed by atoms with E-state index in [1.165, 1.54) is 6.07 Å². The van der Waals surface area contributed by atoms with E-state index < -0.39 is 0 Å². The molecule has 2 rings (SSSR count). The Morgan fingerprint density at radius 1 is 1.00 bits per heavy atom. The highest BCUT2D eigenvalue weighted by Gasteiger charge is 2.03. The van der Waals surface area contributed by atoms with Crippen molar-refractivity contribution in [2.75, 3.05) is 20.3 Å². The molecule has 0 radical (unpaired) electrons. The molecule has 25 heavy (non-hydrogen) atoms. The third kappa shape index (κ3) is 6.43. The molecule has 2 amide bonds. The summed E-state index contributed by atoms with van der Waals surface area (Å²) in [6, 6.07) is 12.1. The van der Waals surface area contributed by atoms with Crippen molar-refractivity contribution < 1.29 is 18.7 Å². The van der Waals surface area contributed by atoms with Crippen molar-refractivity contribution in [3.8, 4) is 5.75 Å². The fourth-order valence-electron chi connectivity index (χ4n) is 2.12. The Kier molecular flexibility index (Phi) is 7.22. The molecule has 6 heteroatoms. The number of aryl methyl sites for hydroxylation is 1. The molecule has 0 saturated carbocycles. The van der Waals surface area contributed by atoms with E-state index in [4.69, 9.17) is 9.47 Å². The molecule has 0 saturated heterocycles. The molecule has 0 aliphatic heterocycles. The van der Waals surface area contributed by atoms with Gasteiger partial charge in [-0.15, -0.1) is 0 Å². The molecule has 2 aromatic carbocycles. The topological polar surface area (TPSA) is 59.6 Å². The summed E-state index contributed by atoms with van der Waals surface area (Å²) in [5.41, 5.74) is 2.26. The first-order valence-electron chi connectivity index (χ1n) is 8.06. The Morgan fingerprint density at radius 3 is 2.28 bits per heavy atom.